The average molecular weight is 632 g/mol. The van der Waals surface area contributed by atoms with Gasteiger partial charge < -0.3 is 29.0 Å². The number of nitrogens with zero attached hydrogens (tertiary/aromatic N) is 2. The smallest absolute Gasteiger partial charge is 0.275 e. The summed E-state index contributed by atoms with van der Waals surface area (Å²) < 4.78 is 23.1. The number of methoxy groups -OCH3 is 3. The molecule has 0 aliphatic carbocycles. The van der Waals surface area contributed by atoms with E-state index in [-0.39, 0.29) is 5.91 Å². The molecule has 0 fully saturated rings. The number of aromatic nitrogens is 3. The molecule has 6 aromatic rings. The highest BCUT2D eigenvalue weighted by Crippen LogP contribution is 2.42. The van der Waals surface area contributed by atoms with Crippen LogP contribution in [0.5, 0.6) is 17.2 Å². The molecule has 0 radical (unpaired) electrons. The molecule has 0 aliphatic rings. The molecule has 0 unspecified atom stereocenters. The average Bonchev–Trinajstić information content (AvgIpc) is 3.77. The van der Waals surface area contributed by atoms with Crippen molar-refractivity contribution in [3.05, 3.63) is 82.4 Å². The van der Waals surface area contributed by atoms with Crippen LogP contribution in [0.1, 0.15) is 10.5 Å². The number of halogens is 1. The molecule has 3 aromatic carbocycles. The summed E-state index contributed by atoms with van der Waals surface area (Å²) in [5.41, 5.74) is 5.09. The van der Waals surface area contributed by atoms with Crippen LogP contribution >= 0.6 is 27.3 Å². The van der Waals surface area contributed by atoms with Gasteiger partial charge in [0, 0.05) is 55.4 Å². The first-order valence-electron chi connectivity index (χ1n) is 12.4. The minimum atomic E-state index is -0.265. The molecule has 0 aliphatic heterocycles. The normalized spacial score (nSPS) is 11.0. The van der Waals surface area contributed by atoms with Crippen LogP contribution in [0.2, 0.25) is 0 Å². The Balaban J connectivity index is 1.29. The third kappa shape index (κ3) is 5.17. The second-order valence-electron chi connectivity index (χ2n) is 8.95. The second kappa shape index (κ2) is 11.1. The predicted molar refractivity (Wildman–Crippen MR) is 162 cm³/mol. The van der Waals surface area contributed by atoms with Crippen LogP contribution in [0.15, 0.2) is 81.2 Å². The minimum Gasteiger partial charge on any atom is -0.493 e. The first-order chi connectivity index (χ1) is 20.0. The van der Waals surface area contributed by atoms with Crippen LogP contribution in [0.3, 0.4) is 0 Å². The van der Waals surface area contributed by atoms with Crippen LogP contribution in [-0.4, -0.2) is 42.4 Å². The van der Waals surface area contributed by atoms with E-state index < -0.39 is 0 Å². The summed E-state index contributed by atoms with van der Waals surface area (Å²) in [4.78, 5) is 20.7. The highest BCUT2D eigenvalue weighted by Gasteiger charge is 2.19. The van der Waals surface area contributed by atoms with Crippen LogP contribution in [-0.2, 0) is 0 Å². The van der Waals surface area contributed by atoms with E-state index in [4.69, 9.17) is 18.7 Å². The summed E-state index contributed by atoms with van der Waals surface area (Å²) in [6.07, 6.45) is 1.88. The zero-order valence-corrected chi connectivity index (χ0v) is 24.6. The Bertz CT molecular complexity index is 1850. The lowest BCUT2D eigenvalue weighted by molar-refractivity contribution is 0.102. The van der Waals surface area contributed by atoms with Crippen LogP contribution in [0.25, 0.3) is 44.1 Å². The number of rotatable bonds is 8. The molecule has 3 aromatic heterocycles. The van der Waals surface area contributed by atoms with Gasteiger partial charge in [0.25, 0.3) is 5.91 Å². The Hall–Kier alpha value is -4.61. The fraction of sp³-hybridized carbons (Fsp3) is 0.100. The van der Waals surface area contributed by atoms with E-state index in [0.717, 1.165) is 37.1 Å². The number of hydrogen-bond acceptors (Lipinski definition) is 8. The van der Waals surface area contributed by atoms with E-state index in [1.54, 1.807) is 26.7 Å². The molecule has 3 heterocycles. The van der Waals surface area contributed by atoms with Crippen molar-refractivity contribution in [1.29, 1.82) is 0 Å². The van der Waals surface area contributed by atoms with E-state index in [9.17, 15) is 4.79 Å². The zero-order chi connectivity index (χ0) is 28.5. The number of fused-ring (bicyclic) bond motifs is 1. The Kier molecular flexibility index (Phi) is 7.21. The summed E-state index contributed by atoms with van der Waals surface area (Å²) in [6.45, 7) is 0. The van der Waals surface area contributed by atoms with Gasteiger partial charge in [0.1, 0.15) is 16.4 Å². The Morgan fingerprint density at radius 1 is 0.951 bits per heavy atom. The van der Waals surface area contributed by atoms with Gasteiger partial charge in [-0.25, -0.2) is 4.98 Å². The highest BCUT2D eigenvalue weighted by molar-refractivity contribution is 9.10. The van der Waals surface area contributed by atoms with Crippen molar-refractivity contribution in [2.24, 2.45) is 0 Å². The first-order valence-corrected chi connectivity index (χ1v) is 14.1. The fourth-order valence-electron chi connectivity index (χ4n) is 4.46. The van der Waals surface area contributed by atoms with Gasteiger partial charge in [0.05, 0.1) is 21.3 Å². The van der Waals surface area contributed by atoms with Crippen LogP contribution in [0, 0.1) is 0 Å². The number of aromatic amines is 1. The standard InChI is InChI=1S/C30H23BrN4O5S/c1-37-26-11-17(12-27(38-2)28(26)39-3)23-13-25(40-35-23)21-14-32-22-9-4-16(10-20(21)22)30-34-24(15-41-30)29(36)33-19-7-5-18(31)6-8-19/h4-15,32H,1-3H3,(H,33,36). The lowest BCUT2D eigenvalue weighted by atomic mass is 10.1. The number of ether oxygens (including phenoxy) is 3. The van der Waals surface area contributed by atoms with Gasteiger partial charge in [-0.15, -0.1) is 11.3 Å². The number of benzene rings is 3. The number of carbonyl (C=O) groups is 1. The molecule has 6 rings (SSSR count). The molecule has 9 nitrogen and oxygen atoms in total. The van der Waals surface area contributed by atoms with Crippen molar-refractivity contribution in [2.45, 2.75) is 0 Å². The summed E-state index contributed by atoms with van der Waals surface area (Å²) in [5, 5.41) is 10.6. The number of anilines is 1. The molecule has 41 heavy (non-hydrogen) atoms. The first kappa shape index (κ1) is 26.6. The van der Waals surface area contributed by atoms with Gasteiger partial charge in [0.15, 0.2) is 17.3 Å². The van der Waals surface area contributed by atoms with Crippen molar-refractivity contribution >= 4 is 49.8 Å². The maximum Gasteiger partial charge on any atom is 0.275 e. The molecular formula is C30H23BrN4O5S. The van der Waals surface area contributed by atoms with E-state index in [1.807, 2.05) is 66.9 Å². The summed E-state index contributed by atoms with van der Waals surface area (Å²) in [7, 11) is 4.70. The lowest BCUT2D eigenvalue weighted by Crippen LogP contribution is -2.12. The second-order valence-corrected chi connectivity index (χ2v) is 10.7. The maximum absolute atomic E-state index is 12.8. The summed E-state index contributed by atoms with van der Waals surface area (Å²) in [6, 6.07) is 18.9. The van der Waals surface area contributed by atoms with Gasteiger partial charge in [-0.2, -0.15) is 0 Å². The van der Waals surface area contributed by atoms with E-state index in [2.05, 4.69) is 36.4 Å². The zero-order valence-electron chi connectivity index (χ0n) is 22.2. The van der Waals surface area contributed by atoms with E-state index in [1.165, 1.54) is 11.3 Å². The van der Waals surface area contributed by atoms with E-state index >= 15 is 0 Å². The third-order valence-electron chi connectivity index (χ3n) is 6.50. The van der Waals surface area contributed by atoms with Crippen LogP contribution < -0.4 is 19.5 Å². The molecule has 0 bridgehead atoms. The number of nitrogens with one attached hydrogen (secondary N) is 2. The Labute approximate surface area is 247 Å². The van der Waals surface area contributed by atoms with Crippen molar-refractivity contribution in [1.82, 2.24) is 15.1 Å². The van der Waals surface area contributed by atoms with Crippen molar-refractivity contribution < 1.29 is 23.5 Å². The predicted octanol–water partition coefficient (Wildman–Crippen LogP) is 7.65. The van der Waals surface area contributed by atoms with Crippen molar-refractivity contribution in [3.8, 4) is 50.4 Å². The number of H-pyrrole nitrogens is 1. The number of hydrogen-bond donors (Lipinski definition) is 2. The SMILES string of the molecule is COc1cc(-c2cc(-c3c[nH]c4ccc(-c5nc(C(=O)Nc6ccc(Br)cc6)cs5)cc34)on2)cc(OC)c1OC. The molecular weight excluding hydrogens is 608 g/mol. The molecule has 11 heteroatoms. The quantitative estimate of drug-likeness (QED) is 0.178. The van der Waals surface area contributed by atoms with Gasteiger partial charge in [0.2, 0.25) is 5.75 Å². The minimum absolute atomic E-state index is 0.265. The highest BCUT2D eigenvalue weighted by atomic mass is 79.9. The number of carbonyl (C=O) groups excluding carboxylic acids is 1. The molecule has 1 amide bonds. The molecule has 2 N–H and O–H groups in total. The fourth-order valence-corrected chi connectivity index (χ4v) is 5.53. The van der Waals surface area contributed by atoms with Gasteiger partial charge in [-0.3, -0.25) is 4.79 Å². The summed E-state index contributed by atoms with van der Waals surface area (Å²) >= 11 is 4.81. The van der Waals surface area contributed by atoms with Crippen molar-refractivity contribution in [2.75, 3.05) is 26.6 Å². The number of amides is 1. The molecule has 0 saturated heterocycles. The largest absolute Gasteiger partial charge is 0.493 e. The topological polar surface area (TPSA) is 112 Å². The van der Waals surface area contributed by atoms with Crippen LogP contribution in [0.4, 0.5) is 5.69 Å². The molecule has 0 atom stereocenters. The third-order valence-corrected chi connectivity index (χ3v) is 7.92. The Morgan fingerprint density at radius 2 is 1.71 bits per heavy atom. The van der Waals surface area contributed by atoms with Gasteiger partial charge in [-0.1, -0.05) is 21.1 Å². The van der Waals surface area contributed by atoms with E-state index in [0.29, 0.717) is 40.1 Å². The number of thiazole rings is 1. The molecule has 0 spiro atoms. The Morgan fingerprint density at radius 3 is 2.41 bits per heavy atom. The maximum atomic E-state index is 12.8. The van der Waals surface area contributed by atoms with Gasteiger partial charge in [-0.05, 0) is 54.6 Å². The lowest BCUT2D eigenvalue weighted by Gasteiger charge is -2.13. The summed E-state index contributed by atoms with van der Waals surface area (Å²) in [5.74, 6) is 1.88. The molecule has 206 valence electrons. The van der Waals surface area contributed by atoms with Gasteiger partial charge >= 0.3 is 0 Å². The monoisotopic (exact) mass is 630 g/mol. The van der Waals surface area contributed by atoms with Crippen molar-refractivity contribution in [3.63, 3.8) is 0 Å². The molecule has 0 saturated carbocycles.